The summed E-state index contributed by atoms with van der Waals surface area (Å²) in [5, 5.41) is 10.2. The van der Waals surface area contributed by atoms with Crippen LogP contribution < -0.4 is 0 Å². The Morgan fingerprint density at radius 3 is 2.56 bits per heavy atom. The maximum absolute atomic E-state index is 12.8. The zero-order valence-electron chi connectivity index (χ0n) is 8.90. The smallest absolute Gasteiger partial charge is 0.123 e. The van der Waals surface area contributed by atoms with Crippen molar-refractivity contribution >= 4 is 11.3 Å². The van der Waals surface area contributed by atoms with Crippen LogP contribution in [0.1, 0.15) is 17.6 Å². The minimum atomic E-state index is -0.255. The van der Waals surface area contributed by atoms with Gasteiger partial charge in [-0.3, -0.25) is 0 Å². The molecule has 0 radical (unpaired) electrons. The highest BCUT2D eigenvalue weighted by molar-refractivity contribution is 7.15. The van der Waals surface area contributed by atoms with Crippen LogP contribution in [0.5, 0.6) is 0 Å². The molecule has 16 heavy (non-hydrogen) atoms. The molecule has 1 N–H and O–H groups in total. The third kappa shape index (κ3) is 2.13. The minimum Gasteiger partial charge on any atom is -0.390 e. The van der Waals surface area contributed by atoms with Crippen molar-refractivity contribution < 1.29 is 9.50 Å². The van der Waals surface area contributed by atoms with E-state index in [0.717, 1.165) is 21.9 Å². The quantitative estimate of drug-likeness (QED) is 0.890. The van der Waals surface area contributed by atoms with Crippen molar-refractivity contribution in [2.24, 2.45) is 0 Å². The van der Waals surface area contributed by atoms with Crippen LogP contribution in [0.2, 0.25) is 0 Å². The SMILES string of the molecule is CCc1nc(CO)c(-c2ccc(F)cc2)s1. The predicted molar refractivity (Wildman–Crippen MR) is 62.8 cm³/mol. The summed E-state index contributed by atoms with van der Waals surface area (Å²) in [5.74, 6) is -0.255. The number of halogens is 1. The minimum absolute atomic E-state index is 0.0801. The van der Waals surface area contributed by atoms with Gasteiger partial charge in [-0.25, -0.2) is 9.37 Å². The average Bonchev–Trinajstić information content (AvgIpc) is 2.73. The summed E-state index contributed by atoms with van der Waals surface area (Å²) < 4.78 is 12.8. The Kier molecular flexibility index (Phi) is 3.31. The number of hydrogen-bond donors (Lipinski definition) is 1. The molecule has 1 heterocycles. The Hall–Kier alpha value is -1.26. The van der Waals surface area contributed by atoms with E-state index in [4.69, 9.17) is 0 Å². The second kappa shape index (κ2) is 4.72. The number of rotatable bonds is 3. The Balaban J connectivity index is 2.45. The first-order valence-corrected chi connectivity index (χ1v) is 5.91. The summed E-state index contributed by atoms with van der Waals surface area (Å²) in [6.07, 6.45) is 0.846. The van der Waals surface area contributed by atoms with Crippen molar-refractivity contribution in [2.75, 3.05) is 0 Å². The summed E-state index contributed by atoms with van der Waals surface area (Å²) in [5.41, 5.74) is 1.58. The number of benzene rings is 1. The Morgan fingerprint density at radius 2 is 2.00 bits per heavy atom. The van der Waals surface area contributed by atoms with Crippen molar-refractivity contribution in [1.82, 2.24) is 4.98 Å². The molecule has 0 fully saturated rings. The molecule has 0 spiro atoms. The highest BCUT2D eigenvalue weighted by atomic mass is 32.1. The number of aromatic nitrogens is 1. The third-order valence-electron chi connectivity index (χ3n) is 2.30. The van der Waals surface area contributed by atoms with Gasteiger partial charge in [0.25, 0.3) is 0 Å². The molecule has 1 aromatic heterocycles. The van der Waals surface area contributed by atoms with Crippen molar-refractivity contribution in [3.63, 3.8) is 0 Å². The predicted octanol–water partition coefficient (Wildman–Crippen LogP) is 3.00. The van der Waals surface area contributed by atoms with Gasteiger partial charge in [0, 0.05) is 0 Å². The van der Waals surface area contributed by atoms with Crippen molar-refractivity contribution in [3.8, 4) is 10.4 Å². The van der Waals surface area contributed by atoms with Crippen LogP contribution in [0.15, 0.2) is 24.3 Å². The molecule has 0 atom stereocenters. The molecule has 0 unspecified atom stereocenters. The Morgan fingerprint density at radius 1 is 1.31 bits per heavy atom. The number of aliphatic hydroxyl groups is 1. The number of hydrogen-bond acceptors (Lipinski definition) is 3. The molecule has 2 aromatic rings. The lowest BCUT2D eigenvalue weighted by molar-refractivity contribution is 0.278. The lowest BCUT2D eigenvalue weighted by Gasteiger charge is -1.99. The van der Waals surface area contributed by atoms with Gasteiger partial charge in [0.15, 0.2) is 0 Å². The van der Waals surface area contributed by atoms with Gasteiger partial charge in [0.05, 0.1) is 22.2 Å². The largest absolute Gasteiger partial charge is 0.390 e. The highest BCUT2D eigenvalue weighted by Crippen LogP contribution is 2.30. The first-order valence-electron chi connectivity index (χ1n) is 5.10. The Bertz CT molecular complexity index is 478. The number of nitrogens with zero attached hydrogens (tertiary/aromatic N) is 1. The number of aryl methyl sites for hydroxylation is 1. The van der Waals surface area contributed by atoms with E-state index in [0.29, 0.717) is 5.69 Å². The van der Waals surface area contributed by atoms with Gasteiger partial charge in [-0.15, -0.1) is 11.3 Å². The van der Waals surface area contributed by atoms with Gasteiger partial charge in [-0.2, -0.15) is 0 Å². The van der Waals surface area contributed by atoms with Gasteiger partial charge in [-0.1, -0.05) is 19.1 Å². The fraction of sp³-hybridized carbons (Fsp3) is 0.250. The van der Waals surface area contributed by atoms with E-state index in [1.54, 1.807) is 23.5 Å². The zero-order valence-corrected chi connectivity index (χ0v) is 9.72. The summed E-state index contributed by atoms with van der Waals surface area (Å²) in [6, 6.07) is 6.26. The van der Waals surface area contributed by atoms with Gasteiger partial charge >= 0.3 is 0 Å². The fourth-order valence-electron chi connectivity index (χ4n) is 1.49. The number of aliphatic hydroxyl groups excluding tert-OH is 1. The lowest BCUT2D eigenvalue weighted by Crippen LogP contribution is -1.87. The molecular formula is C12H12FNOS. The van der Waals surface area contributed by atoms with E-state index in [9.17, 15) is 9.50 Å². The molecule has 0 saturated carbocycles. The topological polar surface area (TPSA) is 33.1 Å². The summed E-state index contributed by atoms with van der Waals surface area (Å²) >= 11 is 1.55. The molecule has 1 aromatic carbocycles. The summed E-state index contributed by atoms with van der Waals surface area (Å²) in [6.45, 7) is 1.94. The molecule has 2 rings (SSSR count). The van der Waals surface area contributed by atoms with Gasteiger partial charge in [-0.05, 0) is 24.1 Å². The molecule has 0 bridgehead atoms. The third-order valence-corrected chi connectivity index (χ3v) is 3.59. The Labute approximate surface area is 97.4 Å². The van der Waals surface area contributed by atoms with Crippen LogP contribution in [-0.4, -0.2) is 10.1 Å². The highest BCUT2D eigenvalue weighted by Gasteiger charge is 2.11. The van der Waals surface area contributed by atoms with E-state index in [-0.39, 0.29) is 12.4 Å². The van der Waals surface area contributed by atoms with Crippen LogP contribution >= 0.6 is 11.3 Å². The normalized spacial score (nSPS) is 10.7. The molecule has 0 aliphatic heterocycles. The van der Waals surface area contributed by atoms with Crippen LogP contribution in [0, 0.1) is 5.82 Å². The van der Waals surface area contributed by atoms with Crippen LogP contribution in [0.4, 0.5) is 4.39 Å². The van der Waals surface area contributed by atoms with Crippen molar-refractivity contribution in [2.45, 2.75) is 20.0 Å². The monoisotopic (exact) mass is 237 g/mol. The summed E-state index contributed by atoms with van der Waals surface area (Å²) in [7, 11) is 0. The van der Waals surface area contributed by atoms with Crippen LogP contribution in [0.3, 0.4) is 0 Å². The number of thiazole rings is 1. The standard InChI is InChI=1S/C12H12FNOS/c1-2-11-14-10(7-15)12(16-11)8-3-5-9(13)6-4-8/h3-6,15H,2,7H2,1H3. The molecule has 0 saturated heterocycles. The van der Waals surface area contributed by atoms with Gasteiger partial charge in [0.2, 0.25) is 0 Å². The van der Waals surface area contributed by atoms with E-state index >= 15 is 0 Å². The maximum Gasteiger partial charge on any atom is 0.123 e. The van der Waals surface area contributed by atoms with E-state index in [1.165, 1.54) is 12.1 Å². The molecule has 0 aliphatic carbocycles. The molecule has 2 nitrogen and oxygen atoms in total. The molecule has 0 aliphatic rings. The van der Waals surface area contributed by atoms with Crippen molar-refractivity contribution in [1.29, 1.82) is 0 Å². The average molecular weight is 237 g/mol. The first-order chi connectivity index (χ1) is 7.74. The van der Waals surface area contributed by atoms with E-state index in [2.05, 4.69) is 4.98 Å². The summed E-state index contributed by atoms with van der Waals surface area (Å²) in [4.78, 5) is 5.25. The van der Waals surface area contributed by atoms with E-state index < -0.39 is 0 Å². The molecular weight excluding hydrogens is 225 g/mol. The lowest BCUT2D eigenvalue weighted by atomic mass is 10.1. The van der Waals surface area contributed by atoms with E-state index in [1.807, 2.05) is 6.92 Å². The van der Waals surface area contributed by atoms with Crippen LogP contribution in [-0.2, 0) is 13.0 Å². The van der Waals surface area contributed by atoms with Gasteiger partial charge in [0.1, 0.15) is 5.82 Å². The molecule has 4 heteroatoms. The second-order valence-electron chi connectivity index (χ2n) is 3.40. The fourth-order valence-corrected chi connectivity index (χ4v) is 2.50. The van der Waals surface area contributed by atoms with Crippen molar-refractivity contribution in [3.05, 3.63) is 40.8 Å². The maximum atomic E-state index is 12.8. The van der Waals surface area contributed by atoms with Gasteiger partial charge < -0.3 is 5.11 Å². The van der Waals surface area contributed by atoms with Crippen LogP contribution in [0.25, 0.3) is 10.4 Å². The molecule has 0 amide bonds. The second-order valence-corrected chi connectivity index (χ2v) is 4.49. The zero-order chi connectivity index (χ0) is 11.5. The molecule has 84 valence electrons. The first kappa shape index (κ1) is 11.2.